The molecular weight excluding hydrogens is 268 g/mol. The molecule has 96 valence electrons. The Bertz CT molecular complexity index is 690. The van der Waals surface area contributed by atoms with E-state index in [1.807, 2.05) is 12.1 Å². The molecule has 0 radical (unpaired) electrons. The number of carboxylic acids is 1. The van der Waals surface area contributed by atoms with Crippen molar-refractivity contribution in [2.24, 2.45) is 0 Å². The van der Waals surface area contributed by atoms with Crippen LogP contribution in [0.5, 0.6) is 5.75 Å². The molecule has 0 bridgehead atoms. The monoisotopic (exact) mass is 276 g/mol. The van der Waals surface area contributed by atoms with Gasteiger partial charge in [0.1, 0.15) is 17.1 Å². The van der Waals surface area contributed by atoms with E-state index in [9.17, 15) is 4.79 Å². The van der Waals surface area contributed by atoms with Gasteiger partial charge in [-0.25, -0.2) is 4.79 Å². The van der Waals surface area contributed by atoms with Gasteiger partial charge in [-0.05, 0) is 24.3 Å². The Morgan fingerprint density at radius 2 is 2.16 bits per heavy atom. The number of hydrogen-bond acceptors (Lipinski definition) is 6. The number of rotatable bonds is 4. The highest BCUT2D eigenvalue weighted by molar-refractivity contribution is 7.19. The second-order valence-corrected chi connectivity index (χ2v) is 4.63. The maximum absolute atomic E-state index is 10.4. The largest absolute Gasteiger partial charge is 0.482 e. The fourth-order valence-corrected chi connectivity index (χ4v) is 2.34. The van der Waals surface area contributed by atoms with Gasteiger partial charge in [0, 0.05) is 5.56 Å². The van der Waals surface area contributed by atoms with E-state index in [1.165, 1.54) is 11.3 Å². The second-order valence-electron chi connectivity index (χ2n) is 3.67. The van der Waals surface area contributed by atoms with Crippen LogP contribution in [0.15, 0.2) is 30.6 Å². The minimum atomic E-state index is -1.00. The lowest BCUT2D eigenvalue weighted by Crippen LogP contribution is -2.09. The zero-order chi connectivity index (χ0) is 13.2. The van der Waals surface area contributed by atoms with Crippen LogP contribution < -0.4 is 4.74 Å². The molecule has 0 saturated heterocycles. The number of aliphatic carboxylic acids is 1. The number of fused-ring (bicyclic) bond motifs is 1. The Labute approximate surface area is 111 Å². The summed E-state index contributed by atoms with van der Waals surface area (Å²) in [6, 6.07) is 7.06. The topological polar surface area (TPSA) is 89.6 Å². The van der Waals surface area contributed by atoms with Crippen LogP contribution >= 0.6 is 11.3 Å². The Hall–Kier alpha value is -2.48. The molecule has 0 aliphatic carbocycles. The first-order valence-electron chi connectivity index (χ1n) is 5.34. The molecule has 0 fully saturated rings. The predicted octanol–water partition coefficient (Wildman–Crippen LogP) is 1.32. The summed E-state index contributed by atoms with van der Waals surface area (Å²) < 4.78 is 6.66. The first kappa shape index (κ1) is 11.6. The fourth-order valence-electron chi connectivity index (χ4n) is 1.52. The van der Waals surface area contributed by atoms with Gasteiger partial charge in [-0.3, -0.25) is 0 Å². The van der Waals surface area contributed by atoms with Crippen molar-refractivity contribution >= 4 is 22.3 Å². The van der Waals surface area contributed by atoms with E-state index in [2.05, 4.69) is 15.3 Å². The normalized spacial score (nSPS) is 10.7. The van der Waals surface area contributed by atoms with Crippen LogP contribution in [0.1, 0.15) is 0 Å². The van der Waals surface area contributed by atoms with Crippen molar-refractivity contribution in [2.45, 2.75) is 0 Å². The van der Waals surface area contributed by atoms with Crippen LogP contribution in [0.2, 0.25) is 0 Å². The Morgan fingerprint density at radius 1 is 1.37 bits per heavy atom. The molecular formula is C11H8N4O3S. The second kappa shape index (κ2) is 4.65. The highest BCUT2D eigenvalue weighted by atomic mass is 32.1. The van der Waals surface area contributed by atoms with E-state index in [0.29, 0.717) is 5.75 Å². The summed E-state index contributed by atoms with van der Waals surface area (Å²) in [5.74, 6) is -0.494. The van der Waals surface area contributed by atoms with E-state index in [1.54, 1.807) is 23.0 Å². The molecule has 2 heterocycles. The lowest BCUT2D eigenvalue weighted by molar-refractivity contribution is -0.139. The van der Waals surface area contributed by atoms with Crippen LogP contribution in [0.4, 0.5) is 0 Å². The van der Waals surface area contributed by atoms with Crippen LogP contribution in [0.3, 0.4) is 0 Å². The SMILES string of the molecule is O=C(O)COc1ccc(-c2nn3cnnc3s2)cc1. The lowest BCUT2D eigenvalue weighted by atomic mass is 10.2. The number of carbonyl (C=O) groups is 1. The summed E-state index contributed by atoms with van der Waals surface area (Å²) >= 11 is 1.42. The molecule has 0 unspecified atom stereocenters. The summed E-state index contributed by atoms with van der Waals surface area (Å²) in [7, 11) is 0. The third-order valence-corrected chi connectivity index (χ3v) is 3.31. The molecule has 19 heavy (non-hydrogen) atoms. The van der Waals surface area contributed by atoms with Gasteiger partial charge < -0.3 is 9.84 Å². The number of hydrogen-bond donors (Lipinski definition) is 1. The van der Waals surface area contributed by atoms with Crippen molar-refractivity contribution in [2.75, 3.05) is 6.61 Å². The van der Waals surface area contributed by atoms with E-state index in [4.69, 9.17) is 9.84 Å². The van der Waals surface area contributed by atoms with Gasteiger partial charge in [-0.2, -0.15) is 9.61 Å². The number of benzene rings is 1. The smallest absolute Gasteiger partial charge is 0.341 e. The minimum absolute atomic E-state index is 0.351. The summed E-state index contributed by atoms with van der Waals surface area (Å²) in [4.78, 5) is 11.1. The number of nitrogens with zero attached hydrogens (tertiary/aromatic N) is 4. The van der Waals surface area contributed by atoms with Crippen molar-refractivity contribution in [3.63, 3.8) is 0 Å². The molecule has 0 spiro atoms. The Morgan fingerprint density at radius 3 is 2.84 bits per heavy atom. The van der Waals surface area contributed by atoms with Gasteiger partial charge >= 0.3 is 5.97 Å². The average molecular weight is 276 g/mol. The highest BCUT2D eigenvalue weighted by Crippen LogP contribution is 2.26. The lowest BCUT2D eigenvalue weighted by Gasteiger charge is -2.03. The van der Waals surface area contributed by atoms with Crippen LogP contribution in [-0.2, 0) is 4.79 Å². The summed E-state index contributed by atoms with van der Waals surface area (Å²) in [6.45, 7) is -0.351. The average Bonchev–Trinajstić information content (AvgIpc) is 2.97. The maximum atomic E-state index is 10.4. The third kappa shape index (κ3) is 2.38. The zero-order valence-corrected chi connectivity index (χ0v) is 10.4. The standard InChI is InChI=1S/C11H8N4O3S/c16-9(17)5-18-8-3-1-7(2-4-8)10-14-15-6-12-13-11(15)19-10/h1-4,6H,5H2,(H,16,17). The van der Waals surface area contributed by atoms with Crippen molar-refractivity contribution in [3.8, 4) is 16.3 Å². The molecule has 0 amide bonds. The molecule has 1 N–H and O–H groups in total. The van der Waals surface area contributed by atoms with Crippen LogP contribution in [0, 0.1) is 0 Å². The zero-order valence-electron chi connectivity index (χ0n) is 9.55. The number of aromatic nitrogens is 4. The highest BCUT2D eigenvalue weighted by Gasteiger charge is 2.08. The molecule has 0 saturated carbocycles. The van der Waals surface area contributed by atoms with Crippen molar-refractivity contribution in [1.82, 2.24) is 19.8 Å². The van der Waals surface area contributed by atoms with Crippen molar-refractivity contribution in [1.29, 1.82) is 0 Å². The van der Waals surface area contributed by atoms with E-state index in [-0.39, 0.29) is 6.61 Å². The summed E-state index contributed by atoms with van der Waals surface area (Å²) in [5, 5.41) is 21.3. The van der Waals surface area contributed by atoms with E-state index < -0.39 is 5.97 Å². The summed E-state index contributed by atoms with van der Waals surface area (Å²) in [5.41, 5.74) is 0.915. The molecule has 1 aromatic carbocycles. The molecule has 7 nitrogen and oxygen atoms in total. The molecule has 0 aliphatic rings. The molecule has 3 rings (SSSR count). The van der Waals surface area contributed by atoms with Crippen molar-refractivity contribution < 1.29 is 14.6 Å². The van der Waals surface area contributed by atoms with E-state index in [0.717, 1.165) is 15.5 Å². The maximum Gasteiger partial charge on any atom is 0.341 e. The van der Waals surface area contributed by atoms with Gasteiger partial charge in [0.2, 0.25) is 4.96 Å². The van der Waals surface area contributed by atoms with Crippen LogP contribution in [0.25, 0.3) is 15.5 Å². The molecule has 0 atom stereocenters. The fraction of sp³-hybridized carbons (Fsp3) is 0.0909. The van der Waals surface area contributed by atoms with Gasteiger partial charge in [-0.1, -0.05) is 11.3 Å². The molecule has 0 aliphatic heterocycles. The minimum Gasteiger partial charge on any atom is -0.482 e. The van der Waals surface area contributed by atoms with Crippen LogP contribution in [-0.4, -0.2) is 37.5 Å². The number of ether oxygens (including phenoxy) is 1. The Balaban J connectivity index is 1.82. The predicted molar refractivity (Wildman–Crippen MR) is 67.2 cm³/mol. The third-order valence-electron chi connectivity index (χ3n) is 2.35. The molecule has 8 heteroatoms. The summed E-state index contributed by atoms with van der Waals surface area (Å²) in [6.07, 6.45) is 1.54. The van der Waals surface area contributed by atoms with Gasteiger partial charge in [-0.15, -0.1) is 10.2 Å². The Kier molecular flexibility index (Phi) is 2.84. The van der Waals surface area contributed by atoms with Gasteiger partial charge in [0.05, 0.1) is 0 Å². The van der Waals surface area contributed by atoms with Crippen molar-refractivity contribution in [3.05, 3.63) is 30.6 Å². The van der Waals surface area contributed by atoms with Gasteiger partial charge in [0.15, 0.2) is 6.61 Å². The molecule has 3 aromatic rings. The first-order chi connectivity index (χ1) is 9.22. The van der Waals surface area contributed by atoms with Gasteiger partial charge in [0.25, 0.3) is 0 Å². The molecule has 2 aromatic heterocycles. The van der Waals surface area contributed by atoms with E-state index >= 15 is 0 Å². The number of carboxylic acid groups (broad SMARTS) is 1. The first-order valence-corrected chi connectivity index (χ1v) is 6.16. The quantitative estimate of drug-likeness (QED) is 0.773.